The third-order valence-electron chi connectivity index (χ3n) is 3.19. The van der Waals surface area contributed by atoms with Crippen molar-refractivity contribution in [2.75, 3.05) is 0 Å². The number of aliphatic hydroxyl groups is 1. The summed E-state index contributed by atoms with van der Waals surface area (Å²) in [5.41, 5.74) is -1.06. The highest BCUT2D eigenvalue weighted by molar-refractivity contribution is 6.50. The highest BCUT2D eigenvalue weighted by Crippen LogP contribution is 2.25. The van der Waals surface area contributed by atoms with Crippen molar-refractivity contribution >= 4 is 24.8 Å². The Bertz CT molecular complexity index is 452. The SMILES string of the molecule is CC(C)(O)C(C)(C)OB(O)/C=C/c1cccc(Cl)c1. The standard InChI is InChI=1S/C14H20BClO3/c1-13(2,17)14(3,4)19-15(18)9-8-11-6-5-7-12(16)10-11/h5-10,17-18H,1-4H3/b9-8+. The largest absolute Gasteiger partial charge is 0.483 e. The Labute approximate surface area is 120 Å². The summed E-state index contributed by atoms with van der Waals surface area (Å²) in [6.07, 6.45) is 1.72. The molecular weight excluding hydrogens is 262 g/mol. The molecule has 104 valence electrons. The predicted molar refractivity (Wildman–Crippen MR) is 79.9 cm³/mol. The second-order valence-electron chi connectivity index (χ2n) is 5.49. The van der Waals surface area contributed by atoms with Gasteiger partial charge in [0.2, 0.25) is 0 Å². The number of halogens is 1. The Hall–Kier alpha value is -0.805. The van der Waals surface area contributed by atoms with Crippen molar-refractivity contribution in [3.05, 3.63) is 40.8 Å². The van der Waals surface area contributed by atoms with E-state index in [2.05, 4.69) is 0 Å². The summed E-state index contributed by atoms with van der Waals surface area (Å²) in [5.74, 6) is 1.51. The van der Waals surface area contributed by atoms with Crippen molar-refractivity contribution in [2.24, 2.45) is 0 Å². The van der Waals surface area contributed by atoms with Gasteiger partial charge in [-0.15, -0.1) is 0 Å². The fraction of sp³-hybridized carbons (Fsp3) is 0.429. The van der Waals surface area contributed by atoms with Crippen LogP contribution in [0.15, 0.2) is 30.2 Å². The molecule has 3 nitrogen and oxygen atoms in total. The molecule has 0 bridgehead atoms. The summed E-state index contributed by atoms with van der Waals surface area (Å²) in [6.45, 7) is 6.73. The Kier molecular flexibility index (Phi) is 5.22. The second-order valence-corrected chi connectivity index (χ2v) is 5.93. The monoisotopic (exact) mass is 282 g/mol. The van der Waals surface area contributed by atoms with Crippen molar-refractivity contribution in [2.45, 2.75) is 38.9 Å². The molecule has 1 aromatic rings. The van der Waals surface area contributed by atoms with Crippen LogP contribution in [0.25, 0.3) is 6.08 Å². The molecule has 0 saturated heterocycles. The van der Waals surface area contributed by atoms with Crippen LogP contribution in [-0.2, 0) is 4.65 Å². The first kappa shape index (κ1) is 16.2. The zero-order valence-corrected chi connectivity index (χ0v) is 12.5. The second kappa shape index (κ2) is 6.10. The number of hydrogen-bond acceptors (Lipinski definition) is 3. The third kappa shape index (κ3) is 4.99. The summed E-state index contributed by atoms with van der Waals surface area (Å²) in [7, 11) is -1.10. The van der Waals surface area contributed by atoms with Crippen LogP contribution in [0.4, 0.5) is 0 Å². The first-order valence-corrected chi connectivity index (χ1v) is 6.52. The van der Waals surface area contributed by atoms with E-state index < -0.39 is 18.3 Å². The number of benzene rings is 1. The normalized spacial score (nSPS) is 13.0. The Morgan fingerprint density at radius 2 is 1.89 bits per heavy atom. The minimum atomic E-state index is -1.10. The lowest BCUT2D eigenvalue weighted by Gasteiger charge is -2.38. The highest BCUT2D eigenvalue weighted by Gasteiger charge is 2.38. The van der Waals surface area contributed by atoms with E-state index in [1.165, 1.54) is 5.98 Å². The average molecular weight is 283 g/mol. The Balaban J connectivity index is 2.68. The molecule has 19 heavy (non-hydrogen) atoms. The zero-order chi connectivity index (χ0) is 14.7. The van der Waals surface area contributed by atoms with Crippen molar-refractivity contribution in [3.63, 3.8) is 0 Å². The van der Waals surface area contributed by atoms with Gasteiger partial charge in [-0.2, -0.15) is 0 Å². The van der Waals surface area contributed by atoms with E-state index in [9.17, 15) is 10.1 Å². The lowest BCUT2D eigenvalue weighted by molar-refractivity contribution is -0.0984. The molecule has 0 saturated carbocycles. The van der Waals surface area contributed by atoms with Gasteiger partial charge in [0, 0.05) is 5.02 Å². The summed E-state index contributed by atoms with van der Waals surface area (Å²) in [4.78, 5) is 0. The molecule has 0 heterocycles. The zero-order valence-electron chi connectivity index (χ0n) is 11.7. The van der Waals surface area contributed by atoms with Gasteiger partial charge in [-0.05, 0) is 45.4 Å². The Morgan fingerprint density at radius 1 is 1.26 bits per heavy atom. The minimum absolute atomic E-state index is 0.634. The van der Waals surface area contributed by atoms with Gasteiger partial charge in [0.15, 0.2) is 0 Å². The molecule has 1 rings (SSSR count). The van der Waals surface area contributed by atoms with Crippen LogP contribution < -0.4 is 0 Å². The number of rotatable bonds is 5. The molecule has 0 aliphatic heterocycles. The van der Waals surface area contributed by atoms with Crippen LogP contribution in [0.3, 0.4) is 0 Å². The van der Waals surface area contributed by atoms with E-state index >= 15 is 0 Å². The molecule has 0 radical (unpaired) electrons. The van der Waals surface area contributed by atoms with Crippen LogP contribution in [-0.4, -0.2) is 28.5 Å². The molecule has 5 heteroatoms. The van der Waals surface area contributed by atoms with E-state index in [4.69, 9.17) is 16.3 Å². The van der Waals surface area contributed by atoms with E-state index in [1.54, 1.807) is 45.9 Å². The van der Waals surface area contributed by atoms with E-state index in [1.807, 2.05) is 12.1 Å². The molecule has 0 unspecified atom stereocenters. The lowest BCUT2D eigenvalue weighted by atomic mass is 9.82. The fourth-order valence-electron chi connectivity index (χ4n) is 1.29. The van der Waals surface area contributed by atoms with E-state index in [-0.39, 0.29) is 0 Å². The lowest BCUT2D eigenvalue weighted by Crippen LogP contribution is -2.50. The molecule has 1 aromatic carbocycles. The molecule has 0 atom stereocenters. The third-order valence-corrected chi connectivity index (χ3v) is 3.43. The smallest absolute Gasteiger partial charge is 0.423 e. The maximum Gasteiger partial charge on any atom is 0.483 e. The van der Waals surface area contributed by atoms with Crippen molar-refractivity contribution in [3.8, 4) is 0 Å². The van der Waals surface area contributed by atoms with Gasteiger partial charge in [0.05, 0.1) is 11.2 Å². The van der Waals surface area contributed by atoms with Gasteiger partial charge in [0.1, 0.15) is 0 Å². The molecular formula is C14H20BClO3. The highest BCUT2D eigenvalue weighted by atomic mass is 35.5. The van der Waals surface area contributed by atoms with Gasteiger partial charge >= 0.3 is 7.12 Å². The van der Waals surface area contributed by atoms with Gasteiger partial charge in [-0.25, -0.2) is 0 Å². The van der Waals surface area contributed by atoms with Gasteiger partial charge in [0.25, 0.3) is 0 Å². The molecule has 0 fully saturated rings. The first-order chi connectivity index (χ1) is 8.62. The maximum absolute atomic E-state index is 9.94. The quantitative estimate of drug-likeness (QED) is 0.816. The topological polar surface area (TPSA) is 49.7 Å². The van der Waals surface area contributed by atoms with Crippen molar-refractivity contribution in [1.29, 1.82) is 0 Å². The maximum atomic E-state index is 9.94. The molecule has 0 aliphatic carbocycles. The summed E-state index contributed by atoms with van der Waals surface area (Å²) >= 11 is 5.87. The summed E-state index contributed by atoms with van der Waals surface area (Å²) < 4.78 is 5.44. The van der Waals surface area contributed by atoms with E-state index in [0.29, 0.717) is 5.02 Å². The van der Waals surface area contributed by atoms with Crippen LogP contribution in [0.2, 0.25) is 5.02 Å². The minimum Gasteiger partial charge on any atom is -0.423 e. The van der Waals surface area contributed by atoms with Gasteiger partial charge < -0.3 is 14.8 Å². The van der Waals surface area contributed by atoms with Crippen LogP contribution in [0.5, 0.6) is 0 Å². The fourth-order valence-corrected chi connectivity index (χ4v) is 1.49. The summed E-state index contributed by atoms with van der Waals surface area (Å²) in [6, 6.07) is 7.27. The van der Waals surface area contributed by atoms with Crippen LogP contribution in [0, 0.1) is 0 Å². The molecule has 0 spiro atoms. The number of hydrogen-bond donors (Lipinski definition) is 2. The predicted octanol–water partition coefficient (Wildman–Crippen LogP) is 2.94. The van der Waals surface area contributed by atoms with Gasteiger partial charge in [-0.3, -0.25) is 0 Å². The van der Waals surface area contributed by atoms with Crippen LogP contribution >= 0.6 is 11.6 Å². The Morgan fingerprint density at radius 3 is 2.42 bits per heavy atom. The molecule has 0 aromatic heterocycles. The van der Waals surface area contributed by atoms with Gasteiger partial charge in [-0.1, -0.05) is 35.8 Å². The summed E-state index contributed by atoms with van der Waals surface area (Å²) in [5, 5.41) is 20.4. The molecule has 0 amide bonds. The molecule has 0 aliphatic rings. The van der Waals surface area contributed by atoms with Crippen molar-refractivity contribution < 1.29 is 14.8 Å². The van der Waals surface area contributed by atoms with Crippen LogP contribution in [0.1, 0.15) is 33.3 Å². The average Bonchev–Trinajstić information content (AvgIpc) is 2.24. The van der Waals surface area contributed by atoms with Crippen molar-refractivity contribution in [1.82, 2.24) is 0 Å². The molecule has 2 N–H and O–H groups in total. The van der Waals surface area contributed by atoms with E-state index in [0.717, 1.165) is 5.56 Å². The first-order valence-electron chi connectivity index (χ1n) is 6.14.